The summed E-state index contributed by atoms with van der Waals surface area (Å²) in [5, 5.41) is 0. The first kappa shape index (κ1) is 16.7. The zero-order chi connectivity index (χ0) is 16.1. The third kappa shape index (κ3) is 4.46. The van der Waals surface area contributed by atoms with E-state index in [-0.39, 0.29) is 11.8 Å². The molecular formula is C18H31N3O2. The second-order valence-electron chi connectivity index (χ2n) is 7.38. The van der Waals surface area contributed by atoms with Gasteiger partial charge >= 0.3 is 0 Å². The predicted octanol–water partition coefficient (Wildman–Crippen LogP) is 1.72. The molecule has 0 spiro atoms. The van der Waals surface area contributed by atoms with Crippen LogP contribution in [0.25, 0.3) is 0 Å². The van der Waals surface area contributed by atoms with Crippen LogP contribution in [-0.2, 0) is 9.59 Å². The molecule has 3 rings (SSSR count). The zero-order valence-corrected chi connectivity index (χ0v) is 14.3. The summed E-state index contributed by atoms with van der Waals surface area (Å²) in [7, 11) is 0. The van der Waals surface area contributed by atoms with Gasteiger partial charge in [-0.25, -0.2) is 0 Å². The SMILES string of the molecule is O=C(CN1CCCCCC1)N1CCCN(C(=O)C2CCC2)CC1. The van der Waals surface area contributed by atoms with Gasteiger partial charge in [0.05, 0.1) is 6.54 Å². The fourth-order valence-corrected chi connectivity index (χ4v) is 3.89. The third-order valence-corrected chi connectivity index (χ3v) is 5.67. The van der Waals surface area contributed by atoms with Crippen LogP contribution in [-0.4, -0.2) is 72.3 Å². The first-order chi connectivity index (χ1) is 11.2. The highest BCUT2D eigenvalue weighted by atomic mass is 16.2. The molecule has 0 bridgehead atoms. The molecule has 130 valence electrons. The molecule has 5 nitrogen and oxygen atoms in total. The van der Waals surface area contributed by atoms with Crippen molar-refractivity contribution in [2.45, 2.75) is 51.4 Å². The molecule has 0 aromatic carbocycles. The average Bonchev–Trinajstić information content (AvgIpc) is 2.87. The van der Waals surface area contributed by atoms with E-state index in [0.29, 0.717) is 19.0 Å². The number of amides is 2. The van der Waals surface area contributed by atoms with Crippen molar-refractivity contribution in [1.82, 2.24) is 14.7 Å². The smallest absolute Gasteiger partial charge is 0.236 e. The Hall–Kier alpha value is -1.10. The van der Waals surface area contributed by atoms with Crippen molar-refractivity contribution >= 4 is 11.8 Å². The summed E-state index contributed by atoms with van der Waals surface area (Å²) < 4.78 is 0. The van der Waals surface area contributed by atoms with Gasteiger partial charge in [-0.3, -0.25) is 14.5 Å². The maximum atomic E-state index is 12.6. The lowest BCUT2D eigenvalue weighted by Gasteiger charge is -2.31. The Kier molecular flexibility index (Phi) is 5.92. The van der Waals surface area contributed by atoms with Crippen LogP contribution in [0.3, 0.4) is 0 Å². The van der Waals surface area contributed by atoms with Gasteiger partial charge in [0.2, 0.25) is 11.8 Å². The number of hydrogen-bond acceptors (Lipinski definition) is 3. The highest BCUT2D eigenvalue weighted by Crippen LogP contribution is 2.28. The molecule has 0 aromatic rings. The topological polar surface area (TPSA) is 43.9 Å². The molecule has 2 saturated heterocycles. The summed E-state index contributed by atoms with van der Waals surface area (Å²) in [5.74, 6) is 0.859. The molecule has 2 heterocycles. The van der Waals surface area contributed by atoms with Gasteiger partial charge < -0.3 is 9.80 Å². The van der Waals surface area contributed by atoms with Gasteiger partial charge in [0.15, 0.2) is 0 Å². The van der Waals surface area contributed by atoms with Gasteiger partial charge in [0, 0.05) is 32.1 Å². The molecular weight excluding hydrogens is 290 g/mol. The van der Waals surface area contributed by atoms with E-state index in [2.05, 4.69) is 4.90 Å². The third-order valence-electron chi connectivity index (χ3n) is 5.67. The summed E-state index contributed by atoms with van der Waals surface area (Å²) in [5.41, 5.74) is 0. The number of carbonyl (C=O) groups excluding carboxylic acids is 2. The van der Waals surface area contributed by atoms with E-state index in [1.807, 2.05) is 9.80 Å². The summed E-state index contributed by atoms with van der Waals surface area (Å²) in [6.07, 6.45) is 9.28. The maximum absolute atomic E-state index is 12.6. The Morgan fingerprint density at radius 3 is 2.00 bits per heavy atom. The Labute approximate surface area is 140 Å². The lowest BCUT2D eigenvalue weighted by Crippen LogP contribution is -2.44. The molecule has 23 heavy (non-hydrogen) atoms. The molecule has 3 aliphatic rings. The number of likely N-dealkylation sites (tertiary alicyclic amines) is 1. The maximum Gasteiger partial charge on any atom is 0.236 e. The Balaban J connectivity index is 1.46. The number of hydrogen-bond donors (Lipinski definition) is 0. The monoisotopic (exact) mass is 321 g/mol. The van der Waals surface area contributed by atoms with Gasteiger partial charge in [0.25, 0.3) is 0 Å². The van der Waals surface area contributed by atoms with Crippen LogP contribution >= 0.6 is 0 Å². The van der Waals surface area contributed by atoms with Gasteiger partial charge in [-0.05, 0) is 45.2 Å². The molecule has 0 aromatic heterocycles. The van der Waals surface area contributed by atoms with Crippen molar-refractivity contribution in [2.24, 2.45) is 5.92 Å². The number of nitrogens with zero attached hydrogens (tertiary/aromatic N) is 3. The Morgan fingerprint density at radius 2 is 1.35 bits per heavy atom. The minimum atomic E-state index is 0.254. The van der Waals surface area contributed by atoms with Crippen molar-refractivity contribution in [3.8, 4) is 0 Å². The highest BCUT2D eigenvalue weighted by molar-refractivity contribution is 5.80. The summed E-state index contributed by atoms with van der Waals surface area (Å²) in [6.45, 7) is 5.75. The van der Waals surface area contributed by atoms with Crippen LogP contribution in [0.4, 0.5) is 0 Å². The van der Waals surface area contributed by atoms with Crippen LogP contribution in [0.5, 0.6) is 0 Å². The molecule has 1 aliphatic carbocycles. The number of carbonyl (C=O) groups is 2. The Bertz CT molecular complexity index is 414. The van der Waals surface area contributed by atoms with Crippen molar-refractivity contribution in [2.75, 3.05) is 45.8 Å². The normalized spacial score (nSPS) is 24.7. The molecule has 0 atom stereocenters. The predicted molar refractivity (Wildman–Crippen MR) is 90.0 cm³/mol. The van der Waals surface area contributed by atoms with Crippen molar-refractivity contribution in [3.63, 3.8) is 0 Å². The molecule has 5 heteroatoms. The van der Waals surface area contributed by atoms with Crippen LogP contribution in [0.15, 0.2) is 0 Å². The fraction of sp³-hybridized carbons (Fsp3) is 0.889. The van der Waals surface area contributed by atoms with E-state index < -0.39 is 0 Å². The van der Waals surface area contributed by atoms with Gasteiger partial charge in [-0.1, -0.05) is 19.3 Å². The van der Waals surface area contributed by atoms with Gasteiger partial charge in [-0.2, -0.15) is 0 Å². The van der Waals surface area contributed by atoms with E-state index in [1.54, 1.807) is 0 Å². The van der Waals surface area contributed by atoms with Crippen LogP contribution in [0.2, 0.25) is 0 Å². The van der Waals surface area contributed by atoms with E-state index in [1.165, 1.54) is 32.1 Å². The second kappa shape index (κ2) is 8.13. The highest BCUT2D eigenvalue weighted by Gasteiger charge is 2.31. The van der Waals surface area contributed by atoms with Crippen molar-refractivity contribution in [3.05, 3.63) is 0 Å². The molecule has 3 fully saturated rings. The lowest BCUT2D eigenvalue weighted by molar-refractivity contribution is -0.138. The van der Waals surface area contributed by atoms with Gasteiger partial charge in [-0.15, -0.1) is 0 Å². The first-order valence-electron chi connectivity index (χ1n) is 9.53. The molecule has 2 amide bonds. The summed E-state index contributed by atoms with van der Waals surface area (Å²) in [6, 6.07) is 0. The lowest BCUT2D eigenvalue weighted by atomic mass is 9.84. The van der Waals surface area contributed by atoms with Crippen LogP contribution in [0.1, 0.15) is 51.4 Å². The standard InChI is InChI=1S/C18H31N3O2/c22-17(15-19-9-3-1-2-4-10-19)20-11-6-12-21(14-13-20)18(23)16-7-5-8-16/h16H,1-15H2. The molecule has 0 N–H and O–H groups in total. The first-order valence-corrected chi connectivity index (χ1v) is 9.53. The van der Waals surface area contributed by atoms with Crippen LogP contribution < -0.4 is 0 Å². The summed E-state index contributed by atoms with van der Waals surface area (Å²) >= 11 is 0. The average molecular weight is 321 g/mol. The second-order valence-corrected chi connectivity index (χ2v) is 7.38. The quantitative estimate of drug-likeness (QED) is 0.795. The molecule has 1 saturated carbocycles. The number of rotatable bonds is 3. The zero-order valence-electron chi connectivity index (χ0n) is 14.3. The van der Waals surface area contributed by atoms with Gasteiger partial charge in [0.1, 0.15) is 0 Å². The largest absolute Gasteiger partial charge is 0.341 e. The van der Waals surface area contributed by atoms with E-state index in [0.717, 1.165) is 52.0 Å². The van der Waals surface area contributed by atoms with E-state index in [9.17, 15) is 9.59 Å². The van der Waals surface area contributed by atoms with E-state index >= 15 is 0 Å². The minimum absolute atomic E-state index is 0.254. The fourth-order valence-electron chi connectivity index (χ4n) is 3.89. The molecule has 2 aliphatic heterocycles. The summed E-state index contributed by atoms with van der Waals surface area (Å²) in [4.78, 5) is 31.3. The Morgan fingerprint density at radius 1 is 0.696 bits per heavy atom. The van der Waals surface area contributed by atoms with Crippen LogP contribution in [0, 0.1) is 5.92 Å². The van der Waals surface area contributed by atoms with Crippen molar-refractivity contribution < 1.29 is 9.59 Å². The van der Waals surface area contributed by atoms with E-state index in [4.69, 9.17) is 0 Å². The minimum Gasteiger partial charge on any atom is -0.341 e. The van der Waals surface area contributed by atoms with Crippen molar-refractivity contribution in [1.29, 1.82) is 0 Å². The molecule has 0 radical (unpaired) electrons. The molecule has 0 unspecified atom stereocenters.